The van der Waals surface area contributed by atoms with Crippen LogP contribution in [0.1, 0.15) is 11.1 Å². The summed E-state index contributed by atoms with van der Waals surface area (Å²) in [6.07, 6.45) is 4.15. The molecule has 3 rings (SSSR count). The normalized spacial score (nSPS) is 12.2. The lowest BCUT2D eigenvalue weighted by Gasteiger charge is -2.12. The van der Waals surface area contributed by atoms with Crippen molar-refractivity contribution in [3.8, 4) is 11.5 Å². The number of hydrogen-bond donors (Lipinski definition) is 3. The second kappa shape index (κ2) is 6.72. The minimum atomic E-state index is -0.375. The predicted octanol–water partition coefficient (Wildman–Crippen LogP) is 2.27. The first-order valence-electron chi connectivity index (χ1n) is 7.77. The minimum Gasteiger partial charge on any atom is -0.457 e. The van der Waals surface area contributed by atoms with Gasteiger partial charge in [0.05, 0.1) is 11.3 Å². The summed E-state index contributed by atoms with van der Waals surface area (Å²) in [5, 5.41) is 0.971. The van der Waals surface area contributed by atoms with E-state index in [9.17, 15) is 4.79 Å². The highest BCUT2D eigenvalue weighted by Crippen LogP contribution is 2.31. The number of benzene rings is 1. The number of nitrogens with two attached hydrogens (primary N) is 2. The van der Waals surface area contributed by atoms with E-state index in [2.05, 4.69) is 9.97 Å². The first-order chi connectivity index (χ1) is 11.6. The Morgan fingerprint density at radius 1 is 1.29 bits per heavy atom. The van der Waals surface area contributed by atoms with E-state index in [0.29, 0.717) is 6.42 Å². The highest BCUT2D eigenvalue weighted by atomic mass is 16.5. The van der Waals surface area contributed by atoms with Crippen LogP contribution in [0.25, 0.3) is 11.0 Å². The topological polar surface area (TPSA) is 107 Å². The van der Waals surface area contributed by atoms with Crippen LogP contribution < -0.4 is 16.2 Å². The van der Waals surface area contributed by atoms with Gasteiger partial charge in [-0.2, -0.15) is 0 Å². The number of aryl methyl sites for hydroxylation is 1. The monoisotopic (exact) mass is 324 g/mol. The van der Waals surface area contributed by atoms with Gasteiger partial charge in [-0.1, -0.05) is 12.1 Å². The second-order valence-electron chi connectivity index (χ2n) is 5.79. The smallest absolute Gasteiger partial charge is 0.222 e. The maximum atomic E-state index is 11.3. The fourth-order valence-electron chi connectivity index (χ4n) is 2.67. The average molecular weight is 324 g/mol. The maximum absolute atomic E-state index is 11.3. The van der Waals surface area contributed by atoms with Crippen molar-refractivity contribution in [1.82, 2.24) is 9.97 Å². The summed E-state index contributed by atoms with van der Waals surface area (Å²) in [5.74, 6) is 0.748. The van der Waals surface area contributed by atoms with Crippen molar-refractivity contribution in [2.75, 3.05) is 6.54 Å². The van der Waals surface area contributed by atoms with Crippen LogP contribution in [0, 0.1) is 12.8 Å². The van der Waals surface area contributed by atoms with Gasteiger partial charge in [-0.3, -0.25) is 4.79 Å². The van der Waals surface area contributed by atoms with E-state index in [0.717, 1.165) is 33.7 Å². The Morgan fingerprint density at radius 3 is 2.71 bits per heavy atom. The van der Waals surface area contributed by atoms with Crippen LogP contribution in [0.2, 0.25) is 0 Å². The van der Waals surface area contributed by atoms with E-state index in [1.165, 1.54) is 0 Å². The Hall–Kier alpha value is -2.86. The molecule has 0 aliphatic carbocycles. The van der Waals surface area contributed by atoms with Crippen LogP contribution >= 0.6 is 0 Å². The van der Waals surface area contributed by atoms with E-state index >= 15 is 0 Å². The molecule has 1 amide bonds. The van der Waals surface area contributed by atoms with Gasteiger partial charge in [0.15, 0.2) is 0 Å². The van der Waals surface area contributed by atoms with Crippen molar-refractivity contribution in [1.29, 1.82) is 0 Å². The number of fused-ring (bicyclic) bond motifs is 1. The standard InChI is InChI=1S/C18H20N4O2/c1-11-10-22-18-16(11)15(6-7-21-18)24-14-4-2-12(3-5-14)8-13(9-19)17(20)23/h2-7,10,13H,8-9,19H2,1H3,(H2,20,23)(H,21,22). The summed E-state index contributed by atoms with van der Waals surface area (Å²) in [6.45, 7) is 2.25. The van der Waals surface area contributed by atoms with Crippen LogP contribution in [0.5, 0.6) is 11.5 Å². The summed E-state index contributed by atoms with van der Waals surface area (Å²) in [5.41, 5.74) is 13.8. The van der Waals surface area contributed by atoms with Crippen molar-refractivity contribution in [2.45, 2.75) is 13.3 Å². The third-order valence-electron chi connectivity index (χ3n) is 4.05. The quantitative estimate of drug-likeness (QED) is 0.646. The molecule has 3 aromatic rings. The van der Waals surface area contributed by atoms with Crippen molar-refractivity contribution in [3.05, 3.63) is 53.9 Å². The first-order valence-corrected chi connectivity index (χ1v) is 7.77. The highest BCUT2D eigenvalue weighted by Gasteiger charge is 2.14. The van der Waals surface area contributed by atoms with E-state index in [4.69, 9.17) is 16.2 Å². The highest BCUT2D eigenvalue weighted by molar-refractivity contribution is 5.86. The molecule has 0 aliphatic heterocycles. The predicted molar refractivity (Wildman–Crippen MR) is 92.8 cm³/mol. The molecule has 2 aromatic heterocycles. The number of nitrogens with zero attached hydrogens (tertiary/aromatic N) is 1. The lowest BCUT2D eigenvalue weighted by atomic mass is 9.99. The number of primary amides is 1. The molecular weight excluding hydrogens is 304 g/mol. The van der Waals surface area contributed by atoms with E-state index in [1.807, 2.05) is 43.5 Å². The number of aromatic amines is 1. The van der Waals surface area contributed by atoms with Gasteiger partial charge in [0.2, 0.25) is 5.91 Å². The first kappa shape index (κ1) is 16.0. The number of rotatable bonds is 6. The number of pyridine rings is 1. The Labute approximate surface area is 139 Å². The van der Waals surface area contributed by atoms with Gasteiger partial charge < -0.3 is 21.2 Å². The molecule has 24 heavy (non-hydrogen) atoms. The molecule has 0 radical (unpaired) electrons. The molecule has 0 spiro atoms. The molecule has 2 heterocycles. The Bertz CT molecular complexity index is 855. The summed E-state index contributed by atoms with van der Waals surface area (Å²) in [6, 6.07) is 9.43. The lowest BCUT2D eigenvalue weighted by molar-refractivity contribution is -0.121. The molecule has 6 heteroatoms. The minimum absolute atomic E-state index is 0.245. The number of nitrogens with one attached hydrogen (secondary N) is 1. The molecule has 0 saturated carbocycles. The van der Waals surface area contributed by atoms with Gasteiger partial charge in [0, 0.05) is 18.9 Å². The third kappa shape index (κ3) is 3.23. The van der Waals surface area contributed by atoms with Crippen LogP contribution in [-0.4, -0.2) is 22.4 Å². The van der Waals surface area contributed by atoms with Crippen LogP contribution in [-0.2, 0) is 11.2 Å². The lowest BCUT2D eigenvalue weighted by Crippen LogP contribution is -2.31. The van der Waals surface area contributed by atoms with Crippen LogP contribution in [0.3, 0.4) is 0 Å². The number of carbonyl (C=O) groups excluding carboxylic acids is 1. The van der Waals surface area contributed by atoms with Gasteiger partial charge in [0.1, 0.15) is 17.1 Å². The van der Waals surface area contributed by atoms with Crippen molar-refractivity contribution >= 4 is 16.9 Å². The number of amides is 1. The third-order valence-corrected chi connectivity index (χ3v) is 4.05. The zero-order valence-corrected chi connectivity index (χ0v) is 13.5. The number of hydrogen-bond acceptors (Lipinski definition) is 4. The van der Waals surface area contributed by atoms with E-state index < -0.39 is 0 Å². The van der Waals surface area contributed by atoms with E-state index in [1.54, 1.807) is 6.20 Å². The number of H-pyrrole nitrogens is 1. The zero-order valence-electron chi connectivity index (χ0n) is 13.5. The van der Waals surface area contributed by atoms with Crippen molar-refractivity contribution < 1.29 is 9.53 Å². The molecule has 1 aromatic carbocycles. The van der Waals surface area contributed by atoms with Gasteiger partial charge >= 0.3 is 0 Å². The fourth-order valence-corrected chi connectivity index (χ4v) is 2.67. The number of ether oxygens (including phenoxy) is 1. The molecule has 0 fully saturated rings. The molecule has 124 valence electrons. The van der Waals surface area contributed by atoms with Gasteiger partial charge in [-0.05, 0) is 42.7 Å². The number of carbonyl (C=O) groups is 1. The largest absolute Gasteiger partial charge is 0.457 e. The summed E-state index contributed by atoms with van der Waals surface area (Å²) in [7, 11) is 0. The molecule has 1 unspecified atom stereocenters. The fraction of sp³-hybridized carbons (Fsp3) is 0.222. The molecule has 6 nitrogen and oxygen atoms in total. The average Bonchev–Trinajstić information content (AvgIpc) is 2.96. The van der Waals surface area contributed by atoms with Gasteiger partial charge in [0.25, 0.3) is 0 Å². The Morgan fingerprint density at radius 2 is 2.04 bits per heavy atom. The zero-order chi connectivity index (χ0) is 17.1. The Balaban J connectivity index is 1.79. The van der Waals surface area contributed by atoms with Gasteiger partial charge in [-0.25, -0.2) is 4.98 Å². The number of aromatic nitrogens is 2. The molecular formula is C18H20N4O2. The van der Waals surface area contributed by atoms with E-state index in [-0.39, 0.29) is 18.4 Å². The second-order valence-corrected chi connectivity index (χ2v) is 5.79. The van der Waals surface area contributed by atoms with Gasteiger partial charge in [-0.15, -0.1) is 0 Å². The summed E-state index contributed by atoms with van der Waals surface area (Å²) in [4.78, 5) is 18.7. The SMILES string of the molecule is Cc1c[nH]c2nccc(Oc3ccc(CC(CN)C(N)=O)cc3)c12. The molecule has 0 aliphatic rings. The molecule has 0 bridgehead atoms. The summed E-state index contributed by atoms with van der Waals surface area (Å²) >= 11 is 0. The van der Waals surface area contributed by atoms with Crippen LogP contribution in [0.4, 0.5) is 0 Å². The maximum Gasteiger partial charge on any atom is 0.222 e. The van der Waals surface area contributed by atoms with Crippen LogP contribution in [0.15, 0.2) is 42.7 Å². The molecule has 5 N–H and O–H groups in total. The summed E-state index contributed by atoms with van der Waals surface area (Å²) < 4.78 is 5.99. The van der Waals surface area contributed by atoms with Crippen molar-refractivity contribution in [3.63, 3.8) is 0 Å². The Kier molecular flexibility index (Phi) is 4.48. The van der Waals surface area contributed by atoms with Crippen molar-refractivity contribution in [2.24, 2.45) is 17.4 Å². The molecule has 1 atom stereocenters. The molecule has 0 saturated heterocycles.